The van der Waals surface area contributed by atoms with Gasteiger partial charge in [0.15, 0.2) is 0 Å². The summed E-state index contributed by atoms with van der Waals surface area (Å²) in [4.78, 5) is 0. The van der Waals surface area contributed by atoms with Crippen LogP contribution >= 0.6 is 0 Å². The van der Waals surface area contributed by atoms with Crippen molar-refractivity contribution in [3.05, 3.63) is 0 Å². The fraction of sp³-hybridized carbons (Fsp3) is 0.875. The van der Waals surface area contributed by atoms with E-state index in [4.69, 9.17) is 6.42 Å². The van der Waals surface area contributed by atoms with Gasteiger partial charge in [0, 0.05) is 12.5 Å². The Balaban J connectivity index is 2.45. The van der Waals surface area contributed by atoms with Crippen molar-refractivity contribution >= 4 is 0 Å². The standard InChI is InChI=1S/C16H29N/c1-5-7-8-15-11-14(6-2)9-10-16(15)12-17-13(3)4/h1,13-17H,6-12H2,2-4H3. The second kappa shape index (κ2) is 7.77. The molecule has 98 valence electrons. The highest BCUT2D eigenvalue weighted by Crippen LogP contribution is 2.37. The van der Waals surface area contributed by atoms with Gasteiger partial charge in [-0.3, -0.25) is 0 Å². The smallest absolute Gasteiger partial charge is 0.00888 e. The third-order valence-electron chi connectivity index (χ3n) is 4.27. The molecule has 0 heterocycles. The van der Waals surface area contributed by atoms with Crippen LogP contribution in [-0.4, -0.2) is 12.6 Å². The second-order valence-electron chi connectivity index (χ2n) is 5.91. The normalized spacial score (nSPS) is 29.2. The summed E-state index contributed by atoms with van der Waals surface area (Å²) in [6, 6.07) is 0.604. The van der Waals surface area contributed by atoms with Gasteiger partial charge in [-0.25, -0.2) is 0 Å². The van der Waals surface area contributed by atoms with E-state index in [1.165, 1.54) is 38.6 Å². The zero-order chi connectivity index (χ0) is 12.7. The van der Waals surface area contributed by atoms with Crippen LogP contribution in [0.4, 0.5) is 0 Å². The Labute approximate surface area is 108 Å². The van der Waals surface area contributed by atoms with Gasteiger partial charge in [0.2, 0.25) is 0 Å². The molecule has 1 fully saturated rings. The maximum Gasteiger partial charge on any atom is 0.00888 e. The number of hydrogen-bond acceptors (Lipinski definition) is 1. The molecule has 0 spiro atoms. The molecule has 0 aliphatic heterocycles. The molecule has 0 aromatic rings. The summed E-state index contributed by atoms with van der Waals surface area (Å²) in [7, 11) is 0. The molecule has 1 aliphatic rings. The van der Waals surface area contributed by atoms with Crippen LogP contribution in [0.3, 0.4) is 0 Å². The lowest BCUT2D eigenvalue weighted by atomic mass is 9.71. The quantitative estimate of drug-likeness (QED) is 0.690. The van der Waals surface area contributed by atoms with Crippen molar-refractivity contribution in [1.82, 2.24) is 5.32 Å². The predicted molar refractivity (Wildman–Crippen MR) is 75.8 cm³/mol. The molecule has 0 radical (unpaired) electrons. The van der Waals surface area contributed by atoms with E-state index >= 15 is 0 Å². The Morgan fingerprint density at radius 2 is 2.06 bits per heavy atom. The Morgan fingerprint density at radius 1 is 1.29 bits per heavy atom. The lowest BCUT2D eigenvalue weighted by Crippen LogP contribution is -2.35. The second-order valence-corrected chi connectivity index (χ2v) is 5.91. The third-order valence-corrected chi connectivity index (χ3v) is 4.27. The zero-order valence-corrected chi connectivity index (χ0v) is 11.8. The molecule has 0 aromatic carbocycles. The van der Waals surface area contributed by atoms with Gasteiger partial charge in [-0.05, 0) is 43.6 Å². The summed E-state index contributed by atoms with van der Waals surface area (Å²) in [5.41, 5.74) is 0. The molecule has 0 aromatic heterocycles. The van der Waals surface area contributed by atoms with Gasteiger partial charge in [0.05, 0.1) is 0 Å². The number of terminal acetylenes is 1. The lowest BCUT2D eigenvalue weighted by Gasteiger charge is -2.36. The van der Waals surface area contributed by atoms with Gasteiger partial charge in [-0.15, -0.1) is 12.3 Å². The molecule has 1 aliphatic carbocycles. The summed E-state index contributed by atoms with van der Waals surface area (Å²) < 4.78 is 0. The fourth-order valence-corrected chi connectivity index (χ4v) is 3.07. The Kier molecular flexibility index (Phi) is 6.66. The van der Waals surface area contributed by atoms with Crippen molar-refractivity contribution in [2.75, 3.05) is 6.54 Å². The van der Waals surface area contributed by atoms with Gasteiger partial charge in [-0.2, -0.15) is 0 Å². The topological polar surface area (TPSA) is 12.0 Å². The highest BCUT2D eigenvalue weighted by molar-refractivity contribution is 4.88. The van der Waals surface area contributed by atoms with Crippen molar-refractivity contribution in [2.24, 2.45) is 17.8 Å². The average molecular weight is 235 g/mol. The first kappa shape index (κ1) is 14.6. The molecule has 1 heteroatoms. The molecule has 0 saturated heterocycles. The van der Waals surface area contributed by atoms with E-state index in [-0.39, 0.29) is 0 Å². The van der Waals surface area contributed by atoms with Crippen LogP contribution < -0.4 is 5.32 Å². The van der Waals surface area contributed by atoms with Crippen LogP contribution in [0.25, 0.3) is 0 Å². The third kappa shape index (κ3) is 5.13. The van der Waals surface area contributed by atoms with Crippen LogP contribution in [0.2, 0.25) is 0 Å². The van der Waals surface area contributed by atoms with E-state index in [0.29, 0.717) is 6.04 Å². The van der Waals surface area contributed by atoms with Crippen LogP contribution in [-0.2, 0) is 0 Å². The molecular weight excluding hydrogens is 206 g/mol. The molecular formula is C16H29N. The fourth-order valence-electron chi connectivity index (χ4n) is 3.07. The predicted octanol–water partition coefficient (Wildman–Crippen LogP) is 3.84. The van der Waals surface area contributed by atoms with E-state index in [1.807, 2.05) is 0 Å². The van der Waals surface area contributed by atoms with Crippen LogP contribution in [0.1, 0.15) is 59.3 Å². The minimum atomic E-state index is 0.604. The molecule has 1 rings (SSSR count). The molecule has 1 saturated carbocycles. The molecule has 3 unspecified atom stereocenters. The summed E-state index contributed by atoms with van der Waals surface area (Å²) in [5.74, 6) is 5.48. The number of nitrogens with one attached hydrogen (secondary N) is 1. The van der Waals surface area contributed by atoms with Gasteiger partial charge in [-0.1, -0.05) is 33.6 Å². The van der Waals surface area contributed by atoms with E-state index in [0.717, 1.165) is 24.2 Å². The summed E-state index contributed by atoms with van der Waals surface area (Å²) in [5, 5.41) is 3.60. The van der Waals surface area contributed by atoms with Crippen molar-refractivity contribution in [3.63, 3.8) is 0 Å². The van der Waals surface area contributed by atoms with Crippen LogP contribution in [0.15, 0.2) is 0 Å². The SMILES string of the molecule is C#CCCC1CC(CC)CCC1CNC(C)C. The molecule has 1 N–H and O–H groups in total. The first-order valence-electron chi connectivity index (χ1n) is 7.34. The zero-order valence-electron chi connectivity index (χ0n) is 11.8. The largest absolute Gasteiger partial charge is 0.314 e. The van der Waals surface area contributed by atoms with Gasteiger partial charge in [0.25, 0.3) is 0 Å². The monoisotopic (exact) mass is 235 g/mol. The van der Waals surface area contributed by atoms with Crippen molar-refractivity contribution in [2.45, 2.75) is 65.3 Å². The van der Waals surface area contributed by atoms with Crippen molar-refractivity contribution in [3.8, 4) is 12.3 Å². The lowest BCUT2D eigenvalue weighted by molar-refractivity contribution is 0.162. The molecule has 17 heavy (non-hydrogen) atoms. The van der Waals surface area contributed by atoms with E-state index in [9.17, 15) is 0 Å². The first-order valence-corrected chi connectivity index (χ1v) is 7.34. The maximum atomic E-state index is 5.41. The maximum absolute atomic E-state index is 5.41. The highest BCUT2D eigenvalue weighted by atomic mass is 14.9. The minimum Gasteiger partial charge on any atom is -0.314 e. The Hall–Kier alpha value is -0.480. The molecule has 3 atom stereocenters. The number of rotatable bonds is 6. The molecule has 0 amide bonds. The Bertz CT molecular complexity index is 238. The van der Waals surface area contributed by atoms with Crippen molar-refractivity contribution < 1.29 is 0 Å². The molecule has 0 bridgehead atoms. The molecule has 1 nitrogen and oxygen atoms in total. The summed E-state index contributed by atoms with van der Waals surface area (Å²) >= 11 is 0. The van der Waals surface area contributed by atoms with Crippen molar-refractivity contribution in [1.29, 1.82) is 0 Å². The summed E-state index contributed by atoms with van der Waals surface area (Å²) in [6.45, 7) is 7.97. The highest BCUT2D eigenvalue weighted by Gasteiger charge is 2.28. The van der Waals surface area contributed by atoms with Gasteiger partial charge in [0.1, 0.15) is 0 Å². The van der Waals surface area contributed by atoms with Gasteiger partial charge >= 0.3 is 0 Å². The summed E-state index contributed by atoms with van der Waals surface area (Å²) in [6.07, 6.45) is 13.2. The van der Waals surface area contributed by atoms with E-state index in [2.05, 4.69) is 32.0 Å². The Morgan fingerprint density at radius 3 is 2.65 bits per heavy atom. The van der Waals surface area contributed by atoms with E-state index < -0.39 is 0 Å². The van der Waals surface area contributed by atoms with Crippen LogP contribution in [0, 0.1) is 30.1 Å². The van der Waals surface area contributed by atoms with E-state index in [1.54, 1.807) is 0 Å². The average Bonchev–Trinajstić information content (AvgIpc) is 2.34. The first-order chi connectivity index (χ1) is 8.17. The van der Waals surface area contributed by atoms with Gasteiger partial charge < -0.3 is 5.32 Å². The minimum absolute atomic E-state index is 0.604. The van der Waals surface area contributed by atoms with Crippen LogP contribution in [0.5, 0.6) is 0 Å². The number of hydrogen-bond donors (Lipinski definition) is 1.